The largest absolute Gasteiger partial charge is 0.340 e. The van der Waals surface area contributed by atoms with Gasteiger partial charge in [0.25, 0.3) is 5.91 Å². The first-order valence-electron chi connectivity index (χ1n) is 12.0. The molecule has 0 radical (unpaired) electrons. The molecule has 36 heavy (non-hydrogen) atoms. The van der Waals surface area contributed by atoms with E-state index in [1.807, 2.05) is 43.4 Å². The smallest absolute Gasteiger partial charge is 0.254 e. The number of amides is 3. The molecule has 1 atom stereocenters. The van der Waals surface area contributed by atoms with E-state index >= 15 is 0 Å². The van der Waals surface area contributed by atoms with Crippen molar-refractivity contribution in [3.8, 4) is 0 Å². The van der Waals surface area contributed by atoms with Crippen LogP contribution in [0.3, 0.4) is 0 Å². The van der Waals surface area contributed by atoms with Crippen LogP contribution in [0.15, 0.2) is 72.8 Å². The average molecular weight is 482 g/mol. The molecular formula is C28H27N5O3. The number of anilines is 2. The number of hydrogen-bond donors (Lipinski definition) is 3. The van der Waals surface area contributed by atoms with Crippen LogP contribution in [0.5, 0.6) is 0 Å². The summed E-state index contributed by atoms with van der Waals surface area (Å²) < 4.78 is 2.08. The third kappa shape index (κ3) is 4.98. The van der Waals surface area contributed by atoms with E-state index in [0.717, 1.165) is 29.7 Å². The van der Waals surface area contributed by atoms with Gasteiger partial charge in [-0.3, -0.25) is 14.4 Å². The summed E-state index contributed by atoms with van der Waals surface area (Å²) >= 11 is 0. The number of para-hydroxylation sites is 1. The molecule has 4 aromatic rings. The lowest BCUT2D eigenvalue weighted by atomic mass is 10.1. The Morgan fingerprint density at radius 1 is 1.00 bits per heavy atom. The Morgan fingerprint density at radius 2 is 1.78 bits per heavy atom. The van der Waals surface area contributed by atoms with E-state index in [2.05, 4.69) is 32.7 Å². The fourth-order valence-electron chi connectivity index (χ4n) is 4.47. The van der Waals surface area contributed by atoms with Crippen molar-refractivity contribution in [2.45, 2.75) is 31.7 Å². The first-order valence-corrected chi connectivity index (χ1v) is 12.0. The van der Waals surface area contributed by atoms with Gasteiger partial charge in [0.15, 0.2) is 0 Å². The highest BCUT2D eigenvalue weighted by atomic mass is 16.2. The molecule has 0 aliphatic carbocycles. The Bertz CT molecular complexity index is 1440. The summed E-state index contributed by atoms with van der Waals surface area (Å²) in [6.07, 6.45) is 1.98. The fraction of sp³-hybridized carbons (Fsp3) is 0.214. The van der Waals surface area contributed by atoms with Gasteiger partial charge in [0.1, 0.15) is 11.9 Å². The van der Waals surface area contributed by atoms with Gasteiger partial charge in [-0.25, -0.2) is 4.98 Å². The second-order valence-corrected chi connectivity index (χ2v) is 8.92. The van der Waals surface area contributed by atoms with Crippen LogP contribution >= 0.6 is 0 Å². The van der Waals surface area contributed by atoms with Crippen LogP contribution in [-0.4, -0.2) is 33.3 Å². The summed E-state index contributed by atoms with van der Waals surface area (Å²) in [6.45, 7) is 0. The lowest BCUT2D eigenvalue weighted by Gasteiger charge is -2.14. The van der Waals surface area contributed by atoms with E-state index in [1.165, 1.54) is 5.56 Å². The number of fused-ring (bicyclic) bond motifs is 2. The van der Waals surface area contributed by atoms with Crippen molar-refractivity contribution < 1.29 is 14.4 Å². The van der Waals surface area contributed by atoms with Crippen molar-refractivity contribution in [1.82, 2.24) is 14.9 Å². The maximum absolute atomic E-state index is 12.6. The second kappa shape index (κ2) is 10.0. The van der Waals surface area contributed by atoms with E-state index in [0.29, 0.717) is 16.9 Å². The minimum absolute atomic E-state index is 0.0806. The standard InChI is InChI=1S/C28H27N5O3/c1-33-24-14-12-19(17-23(24)30-25(33)15-11-18-7-3-2-4-8-18)29-26(34)16-13-22-28(36)31-21-10-6-5-9-20(21)27(35)32-22/h2-10,12,14,17,22H,11,13,15-16H2,1H3,(H,29,34)(H,31,36)(H,32,35)/t22-/m0/s1. The van der Waals surface area contributed by atoms with Crippen molar-refractivity contribution in [3.63, 3.8) is 0 Å². The Kier molecular flexibility index (Phi) is 6.49. The first kappa shape index (κ1) is 23.3. The van der Waals surface area contributed by atoms with E-state index in [4.69, 9.17) is 4.98 Å². The van der Waals surface area contributed by atoms with Crippen molar-refractivity contribution in [2.75, 3.05) is 10.6 Å². The molecule has 5 rings (SSSR count). The molecule has 3 aromatic carbocycles. The van der Waals surface area contributed by atoms with Gasteiger partial charge in [-0.15, -0.1) is 0 Å². The van der Waals surface area contributed by atoms with Crippen LogP contribution in [0.2, 0.25) is 0 Å². The van der Waals surface area contributed by atoms with Crippen molar-refractivity contribution >= 4 is 40.1 Å². The molecule has 3 N–H and O–H groups in total. The number of nitrogens with zero attached hydrogens (tertiary/aromatic N) is 2. The molecule has 182 valence electrons. The Hall–Kier alpha value is -4.46. The van der Waals surface area contributed by atoms with Gasteiger partial charge in [0.05, 0.1) is 22.3 Å². The molecule has 1 aliphatic rings. The van der Waals surface area contributed by atoms with Gasteiger partial charge >= 0.3 is 0 Å². The van der Waals surface area contributed by atoms with Gasteiger partial charge < -0.3 is 20.5 Å². The van der Waals surface area contributed by atoms with Crippen LogP contribution in [-0.2, 0) is 29.5 Å². The molecular weight excluding hydrogens is 454 g/mol. The zero-order chi connectivity index (χ0) is 25.1. The molecule has 0 spiro atoms. The van der Waals surface area contributed by atoms with Crippen molar-refractivity contribution in [1.29, 1.82) is 0 Å². The summed E-state index contributed by atoms with van der Waals surface area (Å²) in [5.41, 5.74) is 4.59. The van der Waals surface area contributed by atoms with Crippen LogP contribution in [0.1, 0.15) is 34.6 Å². The lowest BCUT2D eigenvalue weighted by Crippen LogP contribution is -2.41. The predicted molar refractivity (Wildman–Crippen MR) is 139 cm³/mol. The van der Waals surface area contributed by atoms with Crippen LogP contribution in [0.25, 0.3) is 11.0 Å². The van der Waals surface area contributed by atoms with E-state index in [-0.39, 0.29) is 30.6 Å². The van der Waals surface area contributed by atoms with Gasteiger partial charge in [-0.1, -0.05) is 42.5 Å². The van der Waals surface area contributed by atoms with Crippen LogP contribution in [0.4, 0.5) is 11.4 Å². The first-order chi connectivity index (χ1) is 17.5. The number of carbonyl (C=O) groups is 3. The summed E-state index contributed by atoms with van der Waals surface area (Å²) in [7, 11) is 2.00. The highest BCUT2D eigenvalue weighted by Gasteiger charge is 2.27. The molecule has 1 aromatic heterocycles. The number of nitrogens with one attached hydrogen (secondary N) is 3. The number of rotatable bonds is 7. The Morgan fingerprint density at radius 3 is 2.61 bits per heavy atom. The fourth-order valence-corrected chi connectivity index (χ4v) is 4.47. The SMILES string of the molecule is Cn1c(CCc2ccccc2)nc2cc(NC(=O)CC[C@@H]3NC(=O)c4ccccc4NC3=O)ccc21. The predicted octanol–water partition coefficient (Wildman–Crippen LogP) is 3.83. The van der Waals surface area contributed by atoms with Gasteiger partial charge in [0.2, 0.25) is 11.8 Å². The summed E-state index contributed by atoms with van der Waals surface area (Å²) in [5, 5.41) is 8.36. The maximum atomic E-state index is 12.6. The third-order valence-electron chi connectivity index (χ3n) is 6.45. The molecule has 0 saturated heterocycles. The highest BCUT2D eigenvalue weighted by Crippen LogP contribution is 2.22. The van der Waals surface area contributed by atoms with Crippen LogP contribution in [0, 0.1) is 0 Å². The van der Waals surface area contributed by atoms with Gasteiger partial charge in [-0.2, -0.15) is 0 Å². The molecule has 2 heterocycles. The third-order valence-corrected chi connectivity index (χ3v) is 6.45. The Balaban J connectivity index is 1.20. The summed E-state index contributed by atoms with van der Waals surface area (Å²) in [6, 6.07) is 22.0. The number of carbonyl (C=O) groups excluding carboxylic acids is 3. The molecule has 8 heteroatoms. The highest BCUT2D eigenvalue weighted by molar-refractivity contribution is 6.10. The summed E-state index contributed by atoms with van der Waals surface area (Å²) in [5.74, 6) is 0.0731. The van der Waals surface area contributed by atoms with Crippen LogP contribution < -0.4 is 16.0 Å². The second-order valence-electron chi connectivity index (χ2n) is 8.92. The number of aryl methyl sites for hydroxylation is 3. The minimum atomic E-state index is -0.791. The lowest BCUT2D eigenvalue weighted by molar-refractivity contribution is -0.118. The number of imidazole rings is 1. The topological polar surface area (TPSA) is 105 Å². The zero-order valence-electron chi connectivity index (χ0n) is 20.0. The van der Waals surface area contributed by atoms with E-state index < -0.39 is 6.04 Å². The van der Waals surface area contributed by atoms with Gasteiger partial charge in [0, 0.05) is 25.6 Å². The zero-order valence-corrected chi connectivity index (χ0v) is 20.0. The monoisotopic (exact) mass is 481 g/mol. The summed E-state index contributed by atoms with van der Waals surface area (Å²) in [4.78, 5) is 42.4. The molecule has 0 fully saturated rings. The number of hydrogen-bond acceptors (Lipinski definition) is 4. The number of benzene rings is 3. The molecule has 8 nitrogen and oxygen atoms in total. The normalized spacial score (nSPS) is 15.1. The molecule has 0 saturated carbocycles. The van der Waals surface area contributed by atoms with E-state index in [1.54, 1.807) is 24.3 Å². The molecule has 0 unspecified atom stereocenters. The van der Waals surface area contributed by atoms with Gasteiger partial charge in [-0.05, 0) is 48.7 Å². The molecule has 1 aliphatic heterocycles. The van der Waals surface area contributed by atoms with E-state index in [9.17, 15) is 14.4 Å². The van der Waals surface area contributed by atoms with Crippen molar-refractivity contribution in [2.24, 2.45) is 7.05 Å². The Labute approximate surface area is 208 Å². The molecule has 3 amide bonds. The van der Waals surface area contributed by atoms with Crippen molar-refractivity contribution in [3.05, 3.63) is 89.7 Å². The number of aromatic nitrogens is 2. The minimum Gasteiger partial charge on any atom is -0.340 e. The maximum Gasteiger partial charge on any atom is 0.254 e. The quantitative estimate of drug-likeness (QED) is 0.373. The average Bonchev–Trinajstić information content (AvgIpc) is 3.13. The molecule has 0 bridgehead atoms.